The van der Waals surface area contributed by atoms with Crippen LogP contribution in [0.4, 0.5) is 0 Å². The van der Waals surface area contributed by atoms with Gasteiger partial charge in [0.2, 0.25) is 24.1 Å². The van der Waals surface area contributed by atoms with Gasteiger partial charge in [0.1, 0.15) is 12.6 Å². The topological polar surface area (TPSA) is 125 Å². The van der Waals surface area contributed by atoms with Crippen LogP contribution in [0.2, 0.25) is 0 Å². The van der Waals surface area contributed by atoms with Gasteiger partial charge in [-0.1, -0.05) is 19.9 Å². The van der Waals surface area contributed by atoms with Gasteiger partial charge in [-0.05, 0) is 25.7 Å². The first-order valence-electron chi connectivity index (χ1n) is 9.90. The maximum Gasteiger partial charge on any atom is 0.325 e. The average molecular weight is 424 g/mol. The number of likely N-dealkylation sites (tertiary alicyclic amines) is 1. The standard InChI is InChI=1S/C20H32N4O6/c1-13(2)16(23(4)17(26)10-21-12-25)9-14(3)20(29)24-8-6-7-15(24)19(28)22-11-18(27)30-5/h9,12-13,15-16H,6-8,10-11H2,1-5H3,(H,21,25)(H,22,28)/t15-,16+/m0/s1. The number of esters is 1. The second-order valence-corrected chi connectivity index (χ2v) is 7.54. The van der Waals surface area contributed by atoms with Crippen LogP contribution in [0.5, 0.6) is 0 Å². The summed E-state index contributed by atoms with van der Waals surface area (Å²) in [6, 6.07) is -1.01. The lowest BCUT2D eigenvalue weighted by atomic mass is 9.99. The molecule has 2 atom stereocenters. The summed E-state index contributed by atoms with van der Waals surface area (Å²) in [5.74, 6) is -1.50. The summed E-state index contributed by atoms with van der Waals surface area (Å²) < 4.78 is 4.51. The minimum atomic E-state index is -0.654. The lowest BCUT2D eigenvalue weighted by Gasteiger charge is -2.30. The Bertz CT molecular complexity index is 691. The quantitative estimate of drug-likeness (QED) is 0.275. The van der Waals surface area contributed by atoms with E-state index in [-0.39, 0.29) is 36.9 Å². The van der Waals surface area contributed by atoms with Crippen LogP contribution in [0.1, 0.15) is 33.6 Å². The van der Waals surface area contributed by atoms with Crippen molar-refractivity contribution in [3.05, 3.63) is 11.6 Å². The van der Waals surface area contributed by atoms with Crippen LogP contribution < -0.4 is 10.6 Å². The largest absolute Gasteiger partial charge is 0.468 e. The van der Waals surface area contributed by atoms with Crippen LogP contribution in [0.3, 0.4) is 0 Å². The molecule has 10 nitrogen and oxygen atoms in total. The molecule has 0 radical (unpaired) electrons. The summed E-state index contributed by atoms with van der Waals surface area (Å²) >= 11 is 0. The second kappa shape index (κ2) is 11.9. The zero-order valence-electron chi connectivity index (χ0n) is 18.3. The molecule has 0 aromatic rings. The zero-order chi connectivity index (χ0) is 22.8. The van der Waals surface area contributed by atoms with Crippen molar-refractivity contribution in [2.75, 3.05) is 33.8 Å². The van der Waals surface area contributed by atoms with Gasteiger partial charge in [0.05, 0.1) is 19.7 Å². The highest BCUT2D eigenvalue weighted by molar-refractivity contribution is 5.97. The van der Waals surface area contributed by atoms with Gasteiger partial charge in [-0.3, -0.25) is 24.0 Å². The molecule has 0 unspecified atom stereocenters. The van der Waals surface area contributed by atoms with Crippen molar-refractivity contribution < 1.29 is 28.7 Å². The molecule has 4 amide bonds. The number of carbonyl (C=O) groups excluding carboxylic acids is 5. The van der Waals surface area contributed by atoms with E-state index < -0.39 is 17.9 Å². The van der Waals surface area contributed by atoms with Crippen LogP contribution in [-0.4, -0.2) is 85.8 Å². The molecule has 1 aliphatic heterocycles. The van der Waals surface area contributed by atoms with E-state index in [1.807, 2.05) is 13.8 Å². The molecule has 1 fully saturated rings. The molecule has 1 saturated heterocycles. The highest BCUT2D eigenvalue weighted by Gasteiger charge is 2.35. The first-order valence-corrected chi connectivity index (χ1v) is 9.90. The highest BCUT2D eigenvalue weighted by atomic mass is 16.5. The number of nitrogens with zero attached hydrogens (tertiary/aromatic N) is 2. The van der Waals surface area contributed by atoms with Crippen LogP contribution in [0.15, 0.2) is 11.6 Å². The van der Waals surface area contributed by atoms with Gasteiger partial charge >= 0.3 is 5.97 Å². The minimum absolute atomic E-state index is 0.0238. The highest BCUT2D eigenvalue weighted by Crippen LogP contribution is 2.21. The number of hydrogen-bond acceptors (Lipinski definition) is 6. The number of likely N-dealkylation sites (N-methyl/N-ethyl adjacent to an activating group) is 1. The molecule has 168 valence electrons. The molecule has 30 heavy (non-hydrogen) atoms. The Morgan fingerprint density at radius 1 is 1.23 bits per heavy atom. The van der Waals surface area contributed by atoms with Gasteiger partial charge in [0, 0.05) is 19.2 Å². The van der Waals surface area contributed by atoms with Crippen molar-refractivity contribution in [2.24, 2.45) is 5.92 Å². The number of carbonyl (C=O) groups is 5. The first kappa shape index (κ1) is 25.1. The molecule has 1 heterocycles. The van der Waals surface area contributed by atoms with E-state index in [2.05, 4.69) is 15.4 Å². The van der Waals surface area contributed by atoms with Crippen LogP contribution in [0.25, 0.3) is 0 Å². The normalized spacial score (nSPS) is 17.3. The fraction of sp³-hybridized carbons (Fsp3) is 0.650. The fourth-order valence-electron chi connectivity index (χ4n) is 3.36. The summed E-state index contributed by atoms with van der Waals surface area (Å²) in [4.78, 5) is 62.3. The van der Waals surface area contributed by atoms with Gasteiger partial charge < -0.3 is 25.2 Å². The van der Waals surface area contributed by atoms with Gasteiger partial charge in [-0.25, -0.2) is 0 Å². The van der Waals surface area contributed by atoms with Gasteiger partial charge in [-0.15, -0.1) is 0 Å². The predicted molar refractivity (Wildman–Crippen MR) is 109 cm³/mol. The van der Waals surface area contributed by atoms with E-state index in [0.717, 1.165) is 0 Å². The maximum atomic E-state index is 13.0. The van der Waals surface area contributed by atoms with Gasteiger partial charge in [0.25, 0.3) is 0 Å². The van der Waals surface area contributed by atoms with Crippen molar-refractivity contribution >= 4 is 30.1 Å². The molecule has 1 aliphatic rings. The number of methoxy groups -OCH3 is 1. The smallest absolute Gasteiger partial charge is 0.325 e. The third-order valence-electron chi connectivity index (χ3n) is 5.07. The Kier molecular flexibility index (Phi) is 10.00. The molecule has 0 bridgehead atoms. The third-order valence-corrected chi connectivity index (χ3v) is 5.07. The predicted octanol–water partition coefficient (Wildman–Crippen LogP) is -0.558. The summed E-state index contributed by atoms with van der Waals surface area (Å²) in [6.45, 7) is 5.56. The average Bonchev–Trinajstić information content (AvgIpc) is 3.22. The monoisotopic (exact) mass is 424 g/mol. The number of amides is 4. The van der Waals surface area contributed by atoms with E-state index in [9.17, 15) is 24.0 Å². The summed E-state index contributed by atoms with van der Waals surface area (Å²) in [5, 5.41) is 4.84. The summed E-state index contributed by atoms with van der Waals surface area (Å²) in [7, 11) is 2.85. The number of rotatable bonds is 10. The Hall–Kier alpha value is -2.91. The Morgan fingerprint density at radius 2 is 1.90 bits per heavy atom. The van der Waals surface area contributed by atoms with E-state index >= 15 is 0 Å². The molecule has 10 heteroatoms. The summed E-state index contributed by atoms with van der Waals surface area (Å²) in [6.07, 6.45) is 3.36. The Morgan fingerprint density at radius 3 is 2.47 bits per heavy atom. The molecule has 0 saturated carbocycles. The van der Waals surface area contributed by atoms with Crippen LogP contribution in [0, 0.1) is 5.92 Å². The maximum absolute atomic E-state index is 13.0. The minimum Gasteiger partial charge on any atom is -0.468 e. The molecule has 2 N–H and O–H groups in total. The number of hydrogen-bond donors (Lipinski definition) is 2. The van der Waals surface area contributed by atoms with Crippen molar-refractivity contribution in [1.82, 2.24) is 20.4 Å². The molecule has 0 spiro atoms. The van der Waals surface area contributed by atoms with E-state index in [4.69, 9.17) is 0 Å². The van der Waals surface area contributed by atoms with Crippen molar-refractivity contribution in [1.29, 1.82) is 0 Å². The molecule has 1 rings (SSSR count). The molecule has 0 aromatic heterocycles. The van der Waals surface area contributed by atoms with Crippen LogP contribution in [-0.2, 0) is 28.7 Å². The zero-order valence-corrected chi connectivity index (χ0v) is 18.3. The van der Waals surface area contributed by atoms with Crippen molar-refractivity contribution in [3.8, 4) is 0 Å². The van der Waals surface area contributed by atoms with E-state index in [0.29, 0.717) is 31.4 Å². The molecular formula is C20H32N4O6. The van der Waals surface area contributed by atoms with Crippen molar-refractivity contribution in [2.45, 2.75) is 45.7 Å². The van der Waals surface area contributed by atoms with E-state index in [1.165, 1.54) is 16.9 Å². The second-order valence-electron chi connectivity index (χ2n) is 7.54. The number of ether oxygens (including phenoxy) is 1. The lowest BCUT2D eigenvalue weighted by Crippen LogP contribution is -2.48. The first-order chi connectivity index (χ1) is 14.1. The molecule has 0 aromatic carbocycles. The van der Waals surface area contributed by atoms with Crippen LogP contribution >= 0.6 is 0 Å². The van der Waals surface area contributed by atoms with Crippen molar-refractivity contribution in [3.63, 3.8) is 0 Å². The van der Waals surface area contributed by atoms with Gasteiger partial charge in [-0.2, -0.15) is 0 Å². The number of nitrogens with one attached hydrogen (secondary N) is 2. The summed E-state index contributed by atoms with van der Waals surface area (Å²) in [5.41, 5.74) is 0.421. The molecule has 0 aliphatic carbocycles. The fourth-order valence-corrected chi connectivity index (χ4v) is 3.36. The Labute approximate surface area is 177 Å². The third kappa shape index (κ3) is 6.85. The SMILES string of the molecule is COC(=O)CNC(=O)[C@@H]1CCCN1C(=O)C(C)=C[C@H](C(C)C)N(C)C(=O)CNC=O. The lowest BCUT2D eigenvalue weighted by molar-refractivity contribution is -0.142. The van der Waals surface area contributed by atoms with E-state index in [1.54, 1.807) is 20.0 Å². The van der Waals surface area contributed by atoms with Gasteiger partial charge in [0.15, 0.2) is 0 Å². The Balaban J connectivity index is 2.91. The molecular weight excluding hydrogens is 392 g/mol.